The molecule has 1 heterocycles. The lowest BCUT2D eigenvalue weighted by molar-refractivity contribution is 0.281. The molecule has 1 unspecified atom stereocenters. The molecule has 1 atom stereocenters. The number of hydrogen-bond acceptors (Lipinski definition) is 5. The van der Waals surface area contributed by atoms with Gasteiger partial charge in [-0.25, -0.2) is 9.97 Å². The monoisotopic (exact) mass is 241 g/mol. The van der Waals surface area contributed by atoms with Crippen LogP contribution in [0.4, 0.5) is 5.95 Å². The summed E-state index contributed by atoms with van der Waals surface area (Å²) < 4.78 is 0. The minimum atomic E-state index is -0.00791. The molecule has 1 aromatic heterocycles. The lowest BCUT2D eigenvalue weighted by atomic mass is 10.2. The average Bonchev–Trinajstić information content (AvgIpc) is 2.35. The summed E-state index contributed by atoms with van der Waals surface area (Å²) in [5.74, 6) is 1.85. The van der Waals surface area contributed by atoms with Gasteiger partial charge in [-0.3, -0.25) is 0 Å². The van der Waals surface area contributed by atoms with Gasteiger partial charge >= 0.3 is 0 Å². The third-order valence-corrected chi connectivity index (χ3v) is 3.23. The molecule has 0 aliphatic carbocycles. The lowest BCUT2D eigenvalue weighted by Crippen LogP contribution is -2.30. The van der Waals surface area contributed by atoms with E-state index in [0.717, 1.165) is 17.7 Å². The maximum atomic E-state index is 8.90. The number of aromatic nitrogens is 2. The van der Waals surface area contributed by atoms with Gasteiger partial charge in [-0.1, -0.05) is 0 Å². The van der Waals surface area contributed by atoms with Crippen molar-refractivity contribution in [3.05, 3.63) is 18.0 Å². The van der Waals surface area contributed by atoms with Crippen molar-refractivity contribution in [1.82, 2.24) is 9.97 Å². The van der Waals surface area contributed by atoms with Gasteiger partial charge in [-0.2, -0.15) is 11.8 Å². The topological polar surface area (TPSA) is 49.2 Å². The molecule has 0 radical (unpaired) electrons. The second kappa shape index (κ2) is 6.70. The van der Waals surface area contributed by atoms with Crippen LogP contribution in [0.25, 0.3) is 0 Å². The number of thioether (sulfide) groups is 1. The zero-order valence-corrected chi connectivity index (χ0v) is 10.9. The predicted molar refractivity (Wildman–Crippen MR) is 68.8 cm³/mol. The molecule has 0 bridgehead atoms. The van der Waals surface area contributed by atoms with Crippen LogP contribution in [0.1, 0.15) is 18.9 Å². The highest BCUT2D eigenvalue weighted by atomic mass is 32.2. The number of hydrogen-bond donors (Lipinski definition) is 1. The van der Waals surface area contributed by atoms with Crippen LogP contribution in [0.3, 0.4) is 0 Å². The van der Waals surface area contributed by atoms with E-state index in [9.17, 15) is 0 Å². The molecule has 90 valence electrons. The van der Waals surface area contributed by atoms with Crippen LogP contribution in [0.15, 0.2) is 12.4 Å². The first-order valence-corrected chi connectivity index (χ1v) is 6.72. The molecule has 0 saturated heterocycles. The molecule has 0 saturated carbocycles. The summed E-state index contributed by atoms with van der Waals surface area (Å²) in [4.78, 5) is 10.5. The summed E-state index contributed by atoms with van der Waals surface area (Å²) in [6.45, 7) is 2.16. The summed E-state index contributed by atoms with van der Waals surface area (Å²) in [6, 6.07) is 0.424. The van der Waals surface area contributed by atoms with Crippen LogP contribution in [0.5, 0.6) is 0 Å². The van der Waals surface area contributed by atoms with Crippen molar-refractivity contribution in [2.24, 2.45) is 0 Å². The molecule has 0 aliphatic rings. The van der Waals surface area contributed by atoms with Crippen LogP contribution < -0.4 is 4.90 Å². The molecule has 0 aromatic carbocycles. The summed E-state index contributed by atoms with van der Waals surface area (Å²) in [5, 5.41) is 8.90. The largest absolute Gasteiger partial charge is 0.392 e. The van der Waals surface area contributed by atoms with Crippen LogP contribution in [0, 0.1) is 0 Å². The summed E-state index contributed by atoms with van der Waals surface area (Å²) >= 11 is 1.85. The molecule has 0 aliphatic heterocycles. The average molecular weight is 241 g/mol. The number of nitrogens with zero attached hydrogens (tertiary/aromatic N) is 3. The minimum Gasteiger partial charge on any atom is -0.392 e. The molecular formula is C11H19N3OS. The molecular weight excluding hydrogens is 222 g/mol. The first-order valence-electron chi connectivity index (χ1n) is 5.32. The quantitative estimate of drug-likeness (QED) is 0.819. The Labute approximate surface area is 101 Å². The van der Waals surface area contributed by atoms with Crippen LogP contribution >= 0.6 is 11.8 Å². The van der Waals surface area contributed by atoms with Gasteiger partial charge in [0.05, 0.1) is 6.61 Å². The third-order valence-electron chi connectivity index (χ3n) is 2.59. The van der Waals surface area contributed by atoms with Crippen LogP contribution in [-0.2, 0) is 6.61 Å². The van der Waals surface area contributed by atoms with Crippen molar-refractivity contribution >= 4 is 17.7 Å². The maximum absolute atomic E-state index is 8.90. The Balaban J connectivity index is 2.60. The SMILES string of the molecule is CSCCC(C)N(C)c1ncc(CO)cn1. The fourth-order valence-electron chi connectivity index (χ4n) is 1.29. The van der Waals surface area contributed by atoms with Crippen molar-refractivity contribution in [1.29, 1.82) is 0 Å². The van der Waals surface area contributed by atoms with E-state index in [-0.39, 0.29) is 6.61 Å². The highest BCUT2D eigenvalue weighted by molar-refractivity contribution is 7.98. The highest BCUT2D eigenvalue weighted by Crippen LogP contribution is 2.12. The molecule has 1 N–H and O–H groups in total. The Kier molecular flexibility index (Phi) is 5.55. The van der Waals surface area contributed by atoms with E-state index < -0.39 is 0 Å². The van der Waals surface area contributed by atoms with Crippen molar-refractivity contribution in [2.75, 3.05) is 24.0 Å². The van der Waals surface area contributed by atoms with Crippen molar-refractivity contribution in [3.8, 4) is 0 Å². The summed E-state index contributed by atoms with van der Waals surface area (Å²) in [7, 11) is 2.00. The lowest BCUT2D eigenvalue weighted by Gasteiger charge is -2.24. The number of aliphatic hydroxyl groups excluding tert-OH is 1. The zero-order valence-electron chi connectivity index (χ0n) is 10.1. The van der Waals surface area contributed by atoms with Crippen molar-refractivity contribution in [2.45, 2.75) is 26.0 Å². The molecule has 4 nitrogen and oxygen atoms in total. The smallest absolute Gasteiger partial charge is 0.225 e. The van der Waals surface area contributed by atoms with E-state index in [2.05, 4.69) is 28.0 Å². The van der Waals surface area contributed by atoms with E-state index in [1.807, 2.05) is 18.8 Å². The Hall–Kier alpha value is -0.810. The van der Waals surface area contributed by atoms with Gasteiger partial charge in [-0.15, -0.1) is 0 Å². The molecule has 5 heteroatoms. The van der Waals surface area contributed by atoms with Crippen molar-refractivity contribution in [3.63, 3.8) is 0 Å². The van der Waals surface area contributed by atoms with Crippen LogP contribution in [-0.4, -0.2) is 40.2 Å². The van der Waals surface area contributed by atoms with E-state index >= 15 is 0 Å². The van der Waals surface area contributed by atoms with Gasteiger partial charge in [0.25, 0.3) is 0 Å². The first kappa shape index (κ1) is 13.3. The maximum Gasteiger partial charge on any atom is 0.225 e. The normalized spacial score (nSPS) is 12.5. The number of rotatable bonds is 6. The molecule has 1 aromatic rings. The predicted octanol–water partition coefficient (Wildman–Crippen LogP) is 1.55. The minimum absolute atomic E-state index is 0.00791. The fraction of sp³-hybridized carbons (Fsp3) is 0.636. The van der Waals surface area contributed by atoms with E-state index in [0.29, 0.717) is 12.0 Å². The van der Waals surface area contributed by atoms with Gasteiger partial charge in [-0.05, 0) is 25.4 Å². The number of aliphatic hydroxyl groups is 1. The zero-order chi connectivity index (χ0) is 12.0. The Morgan fingerprint density at radius 3 is 2.56 bits per heavy atom. The third kappa shape index (κ3) is 3.64. The Morgan fingerprint density at radius 2 is 2.06 bits per heavy atom. The summed E-state index contributed by atoms with van der Waals surface area (Å²) in [5.41, 5.74) is 0.744. The second-order valence-electron chi connectivity index (χ2n) is 3.79. The molecule has 0 fully saturated rings. The van der Waals surface area contributed by atoms with Gasteiger partial charge in [0.2, 0.25) is 5.95 Å². The Morgan fingerprint density at radius 1 is 1.44 bits per heavy atom. The van der Waals surface area contributed by atoms with Gasteiger partial charge < -0.3 is 10.0 Å². The fourth-order valence-corrected chi connectivity index (χ4v) is 1.87. The second-order valence-corrected chi connectivity index (χ2v) is 4.78. The van der Waals surface area contributed by atoms with Crippen LogP contribution in [0.2, 0.25) is 0 Å². The van der Waals surface area contributed by atoms with Gasteiger partial charge in [0.1, 0.15) is 0 Å². The first-order chi connectivity index (χ1) is 7.69. The van der Waals surface area contributed by atoms with E-state index in [1.165, 1.54) is 0 Å². The molecule has 0 spiro atoms. The van der Waals surface area contributed by atoms with Crippen molar-refractivity contribution < 1.29 is 5.11 Å². The van der Waals surface area contributed by atoms with E-state index in [4.69, 9.17) is 5.11 Å². The van der Waals surface area contributed by atoms with E-state index in [1.54, 1.807) is 12.4 Å². The Bertz CT molecular complexity index is 305. The summed E-state index contributed by atoms with van der Waals surface area (Å²) in [6.07, 6.45) is 6.56. The molecule has 16 heavy (non-hydrogen) atoms. The highest BCUT2D eigenvalue weighted by Gasteiger charge is 2.11. The number of anilines is 1. The van der Waals surface area contributed by atoms with Gasteiger partial charge in [0, 0.05) is 31.0 Å². The standard InChI is InChI=1S/C11H19N3OS/c1-9(4-5-16-3)14(2)11-12-6-10(8-15)7-13-11/h6-7,9,15H,4-5,8H2,1-3H3. The molecule has 0 amide bonds. The van der Waals surface area contributed by atoms with Gasteiger partial charge in [0.15, 0.2) is 0 Å². The molecule has 1 rings (SSSR count).